The molecule has 1 rings (SSSR count). The number of nitrogens with zero attached hydrogens (tertiary/aromatic N) is 1. The zero-order valence-corrected chi connectivity index (χ0v) is 12.6. The molecule has 0 atom stereocenters. The van der Waals surface area contributed by atoms with E-state index in [4.69, 9.17) is 14.6 Å². The van der Waals surface area contributed by atoms with Gasteiger partial charge in [0.1, 0.15) is 17.2 Å². The van der Waals surface area contributed by atoms with Gasteiger partial charge in [-0.15, -0.1) is 0 Å². The van der Waals surface area contributed by atoms with Crippen LogP contribution in [0.4, 0.5) is 10.6 Å². The van der Waals surface area contributed by atoms with Crippen molar-refractivity contribution in [1.29, 1.82) is 0 Å². The van der Waals surface area contributed by atoms with Gasteiger partial charge in [-0.25, -0.2) is 9.78 Å². The van der Waals surface area contributed by atoms with Gasteiger partial charge in [0.15, 0.2) is 0 Å². The van der Waals surface area contributed by atoms with E-state index in [-0.39, 0.29) is 18.7 Å². The minimum atomic E-state index is -0.930. The van der Waals surface area contributed by atoms with Crippen molar-refractivity contribution in [3.8, 4) is 5.75 Å². The maximum atomic E-state index is 11.8. The fourth-order valence-electron chi connectivity index (χ4n) is 1.55. The number of nitrogens with one attached hydrogen (secondary N) is 1. The molecule has 0 aromatic carbocycles. The molecule has 116 valence electrons. The summed E-state index contributed by atoms with van der Waals surface area (Å²) in [6.07, 6.45) is 0.955. The molecule has 2 N–H and O–H groups in total. The lowest BCUT2D eigenvalue weighted by atomic mass is 10.1. The number of anilines is 1. The van der Waals surface area contributed by atoms with Crippen LogP contribution in [-0.4, -0.2) is 34.9 Å². The second-order valence-electron chi connectivity index (χ2n) is 5.40. The highest BCUT2D eigenvalue weighted by Gasteiger charge is 2.18. The first-order valence-corrected chi connectivity index (χ1v) is 6.46. The summed E-state index contributed by atoms with van der Waals surface area (Å²) in [4.78, 5) is 26.5. The van der Waals surface area contributed by atoms with Crippen molar-refractivity contribution in [2.75, 3.05) is 12.4 Å². The number of ether oxygens (including phenoxy) is 2. The number of aromatic nitrogens is 1. The van der Waals surface area contributed by atoms with Crippen molar-refractivity contribution in [2.24, 2.45) is 0 Å². The lowest BCUT2D eigenvalue weighted by molar-refractivity contribution is -0.136. The van der Waals surface area contributed by atoms with Gasteiger partial charge in [0.25, 0.3) is 0 Å². The van der Waals surface area contributed by atoms with Crippen LogP contribution in [-0.2, 0) is 16.0 Å². The molecule has 0 fully saturated rings. The third kappa shape index (κ3) is 6.11. The van der Waals surface area contributed by atoms with E-state index in [2.05, 4.69) is 10.3 Å². The third-order valence-corrected chi connectivity index (χ3v) is 2.40. The van der Waals surface area contributed by atoms with Gasteiger partial charge in [0.2, 0.25) is 0 Å². The second kappa shape index (κ2) is 6.92. The number of aryl methyl sites for hydroxylation is 1. The summed E-state index contributed by atoms with van der Waals surface area (Å²) in [5, 5.41) is 11.3. The van der Waals surface area contributed by atoms with Crippen LogP contribution in [0, 0.1) is 0 Å². The second-order valence-corrected chi connectivity index (χ2v) is 5.40. The number of methoxy groups -OCH3 is 1. The lowest BCUT2D eigenvalue weighted by Gasteiger charge is -2.20. The Bertz CT molecular complexity index is 523. The summed E-state index contributed by atoms with van der Waals surface area (Å²) in [5.74, 6) is -0.169. The number of carboxylic acids is 1. The molecule has 0 aliphatic carbocycles. The summed E-state index contributed by atoms with van der Waals surface area (Å²) in [5.41, 5.74) is -0.0553. The smallest absolute Gasteiger partial charge is 0.413 e. The van der Waals surface area contributed by atoms with Gasteiger partial charge in [-0.1, -0.05) is 0 Å². The molecule has 0 bridgehead atoms. The largest absolute Gasteiger partial charge is 0.495 e. The molecule has 0 saturated carbocycles. The first kappa shape index (κ1) is 16.7. The van der Waals surface area contributed by atoms with Crippen LogP contribution in [0.1, 0.15) is 32.8 Å². The van der Waals surface area contributed by atoms with Crippen molar-refractivity contribution in [3.05, 3.63) is 17.8 Å². The van der Waals surface area contributed by atoms with E-state index >= 15 is 0 Å². The normalized spacial score (nSPS) is 10.9. The molecule has 21 heavy (non-hydrogen) atoms. The molecule has 0 aliphatic rings. The van der Waals surface area contributed by atoms with Crippen LogP contribution < -0.4 is 10.1 Å². The topological polar surface area (TPSA) is 97.8 Å². The molecule has 7 heteroatoms. The van der Waals surface area contributed by atoms with E-state index in [1.807, 2.05) is 0 Å². The van der Waals surface area contributed by atoms with Crippen LogP contribution >= 0.6 is 0 Å². The predicted octanol–water partition coefficient (Wildman–Crippen LogP) is 2.45. The molecule has 1 aromatic rings. The lowest BCUT2D eigenvalue weighted by Crippen LogP contribution is -2.27. The Balaban J connectivity index is 2.89. The Hall–Kier alpha value is -2.31. The highest BCUT2D eigenvalue weighted by Crippen LogP contribution is 2.21. The summed E-state index contributed by atoms with van der Waals surface area (Å²) in [7, 11) is 1.49. The van der Waals surface area contributed by atoms with Crippen molar-refractivity contribution in [1.82, 2.24) is 4.98 Å². The highest BCUT2D eigenvalue weighted by atomic mass is 16.6. The number of carboxylic acid groups (broad SMARTS) is 1. The fourth-order valence-corrected chi connectivity index (χ4v) is 1.55. The van der Waals surface area contributed by atoms with Crippen LogP contribution in [0.2, 0.25) is 0 Å². The average Bonchev–Trinajstić information content (AvgIpc) is 2.35. The first-order valence-electron chi connectivity index (χ1n) is 6.46. The fraction of sp³-hybridized carbons (Fsp3) is 0.500. The van der Waals surface area contributed by atoms with Crippen molar-refractivity contribution < 1.29 is 24.2 Å². The molecule has 7 nitrogen and oxygen atoms in total. The summed E-state index contributed by atoms with van der Waals surface area (Å²) in [6, 6.07) is 1.64. The minimum Gasteiger partial charge on any atom is -0.495 e. The van der Waals surface area contributed by atoms with E-state index < -0.39 is 17.7 Å². The van der Waals surface area contributed by atoms with Crippen LogP contribution in [0.5, 0.6) is 5.75 Å². The Labute approximate surface area is 123 Å². The van der Waals surface area contributed by atoms with E-state index in [9.17, 15) is 9.59 Å². The summed E-state index contributed by atoms with van der Waals surface area (Å²) >= 11 is 0. The van der Waals surface area contributed by atoms with Crippen LogP contribution in [0.3, 0.4) is 0 Å². The highest BCUT2D eigenvalue weighted by molar-refractivity contribution is 5.84. The standard InChI is InChI=1S/C14H20N2O5/c1-14(2,3)21-13(19)16-12-9(5-6-11(17)18)7-10(20-4)8-15-12/h7-8H,5-6H2,1-4H3,(H,17,18)(H,15,16,19). The first-order chi connectivity index (χ1) is 9.71. The van der Waals surface area contributed by atoms with Gasteiger partial charge in [0, 0.05) is 6.42 Å². The van der Waals surface area contributed by atoms with E-state index in [0.29, 0.717) is 11.3 Å². The van der Waals surface area contributed by atoms with Gasteiger partial charge in [-0.05, 0) is 38.8 Å². The van der Waals surface area contributed by atoms with Crippen LogP contribution in [0.15, 0.2) is 12.3 Å². The van der Waals surface area contributed by atoms with Gasteiger partial charge in [0.05, 0.1) is 13.3 Å². The number of rotatable bonds is 5. The van der Waals surface area contributed by atoms with E-state index in [0.717, 1.165) is 0 Å². The molecule has 0 unspecified atom stereocenters. The molecule has 1 heterocycles. The maximum Gasteiger partial charge on any atom is 0.413 e. The van der Waals surface area contributed by atoms with Crippen molar-refractivity contribution >= 4 is 17.9 Å². The zero-order chi connectivity index (χ0) is 16.0. The Morgan fingerprint density at radius 1 is 1.38 bits per heavy atom. The number of carbonyl (C=O) groups is 2. The molecular formula is C14H20N2O5. The Kier molecular flexibility index (Phi) is 5.52. The SMILES string of the molecule is COc1cnc(NC(=O)OC(C)(C)C)c(CCC(=O)O)c1. The predicted molar refractivity (Wildman–Crippen MR) is 76.6 cm³/mol. The quantitative estimate of drug-likeness (QED) is 0.866. The van der Waals surface area contributed by atoms with Gasteiger partial charge in [-0.3, -0.25) is 10.1 Å². The third-order valence-electron chi connectivity index (χ3n) is 2.40. The molecule has 1 aromatic heterocycles. The molecule has 0 spiro atoms. The monoisotopic (exact) mass is 296 g/mol. The van der Waals surface area contributed by atoms with Gasteiger partial charge < -0.3 is 14.6 Å². The number of hydrogen-bond donors (Lipinski definition) is 2. The summed E-state index contributed by atoms with van der Waals surface area (Å²) < 4.78 is 10.2. The average molecular weight is 296 g/mol. The molecule has 1 amide bonds. The molecule has 0 radical (unpaired) electrons. The molecule has 0 aliphatic heterocycles. The zero-order valence-electron chi connectivity index (χ0n) is 12.6. The van der Waals surface area contributed by atoms with E-state index in [1.165, 1.54) is 13.3 Å². The number of hydrogen-bond acceptors (Lipinski definition) is 5. The van der Waals surface area contributed by atoms with Crippen molar-refractivity contribution in [2.45, 2.75) is 39.2 Å². The molecule has 0 saturated heterocycles. The van der Waals surface area contributed by atoms with E-state index in [1.54, 1.807) is 26.8 Å². The van der Waals surface area contributed by atoms with Crippen LogP contribution in [0.25, 0.3) is 0 Å². The summed E-state index contributed by atoms with van der Waals surface area (Å²) in [6.45, 7) is 5.25. The number of amides is 1. The Morgan fingerprint density at radius 2 is 2.05 bits per heavy atom. The van der Waals surface area contributed by atoms with Crippen molar-refractivity contribution in [3.63, 3.8) is 0 Å². The number of carbonyl (C=O) groups excluding carboxylic acids is 1. The number of aliphatic carboxylic acids is 1. The molecular weight excluding hydrogens is 276 g/mol. The van der Waals surface area contributed by atoms with Gasteiger partial charge in [-0.2, -0.15) is 0 Å². The van der Waals surface area contributed by atoms with Gasteiger partial charge >= 0.3 is 12.1 Å². The maximum absolute atomic E-state index is 11.8. The minimum absolute atomic E-state index is 0.0716. The number of pyridine rings is 1. The Morgan fingerprint density at radius 3 is 2.57 bits per heavy atom.